The van der Waals surface area contributed by atoms with E-state index in [1.807, 2.05) is 30.3 Å². The highest BCUT2D eigenvalue weighted by molar-refractivity contribution is 5.72. The Morgan fingerprint density at radius 1 is 1.24 bits per heavy atom. The zero-order valence-electron chi connectivity index (χ0n) is 15.5. The molecule has 2 aliphatic heterocycles. The molecular formula is C18H24N6O5. The van der Waals surface area contributed by atoms with Gasteiger partial charge in [-0.2, -0.15) is 4.98 Å². The first-order valence-electron chi connectivity index (χ1n) is 9.34. The van der Waals surface area contributed by atoms with Crippen LogP contribution < -0.4 is 26.8 Å². The lowest BCUT2D eigenvalue weighted by Crippen LogP contribution is -2.56. The highest BCUT2D eigenvalue weighted by atomic mass is 16.6. The summed E-state index contributed by atoms with van der Waals surface area (Å²) in [6.45, 7) is 0.0915. The van der Waals surface area contributed by atoms with E-state index in [2.05, 4.69) is 20.6 Å². The molecule has 1 saturated heterocycles. The molecule has 0 aliphatic carbocycles. The summed E-state index contributed by atoms with van der Waals surface area (Å²) >= 11 is 0. The molecule has 1 aromatic heterocycles. The second-order valence-corrected chi connectivity index (χ2v) is 7.02. The Balaban J connectivity index is 1.58. The molecule has 29 heavy (non-hydrogen) atoms. The fourth-order valence-corrected chi connectivity index (χ4v) is 3.65. The van der Waals surface area contributed by atoms with Gasteiger partial charge in [0.25, 0.3) is 5.56 Å². The lowest BCUT2D eigenvalue weighted by atomic mass is 10.1. The summed E-state index contributed by atoms with van der Waals surface area (Å²) in [5.74, 6) is 0.107. The van der Waals surface area contributed by atoms with Crippen LogP contribution in [0.15, 0.2) is 35.1 Å². The van der Waals surface area contributed by atoms with E-state index >= 15 is 0 Å². The normalized spacial score (nSPS) is 28.4. The number of rotatable bonds is 6. The van der Waals surface area contributed by atoms with Crippen molar-refractivity contribution >= 4 is 17.5 Å². The Labute approximate surface area is 166 Å². The van der Waals surface area contributed by atoms with Gasteiger partial charge in [-0.05, 0) is 12.0 Å². The Bertz CT molecular complexity index is 909. The van der Waals surface area contributed by atoms with Crippen molar-refractivity contribution < 1.29 is 20.1 Å². The average molecular weight is 404 g/mol. The van der Waals surface area contributed by atoms with Crippen LogP contribution in [0.3, 0.4) is 0 Å². The Kier molecular flexibility index (Phi) is 5.39. The van der Waals surface area contributed by atoms with Crippen molar-refractivity contribution in [1.29, 1.82) is 0 Å². The topological polar surface area (TPSA) is 169 Å². The molecule has 3 heterocycles. The van der Waals surface area contributed by atoms with Gasteiger partial charge in [-0.25, -0.2) is 0 Å². The third-order valence-electron chi connectivity index (χ3n) is 5.11. The van der Waals surface area contributed by atoms with E-state index in [0.29, 0.717) is 6.54 Å². The number of H-pyrrole nitrogens is 1. The first-order chi connectivity index (χ1) is 14.0. The van der Waals surface area contributed by atoms with Crippen molar-refractivity contribution in [2.75, 3.05) is 29.1 Å². The summed E-state index contributed by atoms with van der Waals surface area (Å²) in [7, 11) is 0. The average Bonchev–Trinajstić information content (AvgIpc) is 3.20. The third-order valence-corrected chi connectivity index (χ3v) is 5.11. The minimum absolute atomic E-state index is 0.0859. The number of hydrogen-bond acceptors (Lipinski definition) is 10. The largest absolute Gasteiger partial charge is 0.394 e. The summed E-state index contributed by atoms with van der Waals surface area (Å²) in [5, 5.41) is 36.3. The summed E-state index contributed by atoms with van der Waals surface area (Å²) < 4.78 is 5.65. The fraction of sp³-hybridized carbons (Fsp3) is 0.444. The van der Waals surface area contributed by atoms with Crippen molar-refractivity contribution in [2.45, 2.75) is 37.3 Å². The van der Waals surface area contributed by atoms with Crippen molar-refractivity contribution in [3.8, 4) is 0 Å². The number of nitrogens with zero attached hydrogens (tertiary/aromatic N) is 2. The van der Waals surface area contributed by atoms with Crippen LogP contribution in [0.4, 0.5) is 17.5 Å². The number of nitrogens with one attached hydrogen (secondary N) is 3. The number of aliphatic hydroxyl groups is 3. The van der Waals surface area contributed by atoms with Crippen molar-refractivity contribution in [3.05, 3.63) is 46.2 Å². The molecule has 1 fully saturated rings. The van der Waals surface area contributed by atoms with Gasteiger partial charge < -0.3 is 31.1 Å². The molecule has 0 radical (unpaired) electrons. The lowest BCUT2D eigenvalue weighted by Gasteiger charge is -2.33. The molecule has 0 spiro atoms. The molecule has 0 bridgehead atoms. The molecule has 0 amide bonds. The minimum atomic E-state index is -1.32. The van der Waals surface area contributed by atoms with Gasteiger partial charge in [0, 0.05) is 6.54 Å². The van der Waals surface area contributed by atoms with Gasteiger partial charge in [-0.15, -0.1) is 0 Å². The number of aliphatic hydroxyl groups excluding tert-OH is 3. The minimum Gasteiger partial charge on any atom is -0.394 e. The van der Waals surface area contributed by atoms with E-state index in [-0.39, 0.29) is 17.5 Å². The van der Waals surface area contributed by atoms with Crippen LogP contribution in [0.1, 0.15) is 5.56 Å². The van der Waals surface area contributed by atoms with Crippen molar-refractivity contribution in [3.63, 3.8) is 0 Å². The van der Waals surface area contributed by atoms with Crippen LogP contribution in [0.5, 0.6) is 0 Å². The van der Waals surface area contributed by atoms with Gasteiger partial charge in [-0.3, -0.25) is 20.0 Å². The molecule has 0 saturated carbocycles. The Morgan fingerprint density at radius 3 is 2.69 bits per heavy atom. The predicted octanol–water partition coefficient (Wildman–Crippen LogP) is -1.86. The van der Waals surface area contributed by atoms with E-state index in [0.717, 1.165) is 12.0 Å². The van der Waals surface area contributed by atoms with Crippen molar-refractivity contribution in [2.24, 2.45) is 0 Å². The lowest BCUT2D eigenvalue weighted by molar-refractivity contribution is -0.0245. The van der Waals surface area contributed by atoms with Gasteiger partial charge in [0.2, 0.25) is 5.95 Å². The summed E-state index contributed by atoms with van der Waals surface area (Å²) in [6.07, 6.45) is -4.51. The third kappa shape index (κ3) is 3.66. The highest BCUT2D eigenvalue weighted by Crippen LogP contribution is 2.35. The molecule has 2 aromatic rings. The number of hydrogen-bond donors (Lipinski definition) is 7. The fourth-order valence-electron chi connectivity index (χ4n) is 3.65. The maximum Gasteiger partial charge on any atom is 0.277 e. The van der Waals surface area contributed by atoms with E-state index in [4.69, 9.17) is 10.5 Å². The van der Waals surface area contributed by atoms with Crippen LogP contribution in [-0.4, -0.2) is 69.3 Å². The summed E-state index contributed by atoms with van der Waals surface area (Å²) in [5.41, 5.74) is 6.54. The molecular weight excluding hydrogens is 380 g/mol. The number of fused-ring (bicyclic) bond motifs is 1. The number of nitrogen functional groups attached to an aromatic ring is 1. The van der Waals surface area contributed by atoms with Crippen LogP contribution in [0, 0.1) is 0 Å². The highest BCUT2D eigenvalue weighted by Gasteiger charge is 2.50. The zero-order chi connectivity index (χ0) is 20.5. The molecule has 11 heteroatoms. The molecule has 0 unspecified atom stereocenters. The predicted molar refractivity (Wildman–Crippen MR) is 105 cm³/mol. The van der Waals surface area contributed by atoms with Gasteiger partial charge in [0.1, 0.15) is 24.0 Å². The molecule has 8 N–H and O–H groups in total. The number of aromatic nitrogens is 2. The Hall–Kier alpha value is -2.70. The smallest absolute Gasteiger partial charge is 0.277 e. The first kappa shape index (κ1) is 19.6. The molecule has 2 aliphatic rings. The molecule has 1 aromatic carbocycles. The van der Waals surface area contributed by atoms with Crippen LogP contribution in [-0.2, 0) is 11.2 Å². The first-order valence-corrected chi connectivity index (χ1v) is 9.34. The zero-order valence-corrected chi connectivity index (χ0v) is 15.5. The summed E-state index contributed by atoms with van der Waals surface area (Å²) in [4.78, 5) is 20.4. The van der Waals surface area contributed by atoms with Crippen molar-refractivity contribution in [1.82, 2.24) is 15.3 Å². The van der Waals surface area contributed by atoms with Crippen LogP contribution >= 0.6 is 0 Å². The maximum absolute atomic E-state index is 12.3. The monoisotopic (exact) mass is 404 g/mol. The number of nitrogens with two attached hydrogens (primary N) is 1. The van der Waals surface area contributed by atoms with Gasteiger partial charge in [-0.1, -0.05) is 30.3 Å². The summed E-state index contributed by atoms with van der Waals surface area (Å²) in [6, 6.07) is 9.87. The number of benzene rings is 1. The number of anilines is 3. The molecule has 156 valence electrons. The SMILES string of the molecule is Nc1nc2c(c(=O)[nH]1)N[C@@H](NCCc1ccccc1)N2[C@H]1O[C@@H](CO)[C@@H](O)[C@H]1O. The van der Waals surface area contributed by atoms with E-state index in [9.17, 15) is 20.1 Å². The second kappa shape index (κ2) is 7.97. The molecule has 5 atom stereocenters. The number of ether oxygens (including phenoxy) is 1. The van der Waals surface area contributed by atoms with Crippen LogP contribution in [0.25, 0.3) is 0 Å². The van der Waals surface area contributed by atoms with E-state index in [1.165, 1.54) is 4.90 Å². The molecule has 11 nitrogen and oxygen atoms in total. The van der Waals surface area contributed by atoms with Crippen LogP contribution in [0.2, 0.25) is 0 Å². The quantitative estimate of drug-likeness (QED) is 0.290. The van der Waals surface area contributed by atoms with Gasteiger partial charge in [0.05, 0.1) is 6.61 Å². The Morgan fingerprint density at radius 2 is 2.00 bits per heavy atom. The standard InChI is InChI=1S/C18H24N6O5/c19-17-22-14-11(15(28)23-17)21-18(20-7-6-9-4-2-1-3-5-9)24(14)16-13(27)12(26)10(8-25)29-16/h1-5,10,12-13,16,18,20-21,25-27H,6-8H2,(H3,19,22,23,28)/t10-,12+,13+,16-,18+/m0/s1. The van der Waals surface area contributed by atoms with E-state index < -0.39 is 43.0 Å². The van der Waals surface area contributed by atoms with Gasteiger partial charge in [0.15, 0.2) is 18.3 Å². The molecule has 4 rings (SSSR count). The maximum atomic E-state index is 12.3. The van der Waals surface area contributed by atoms with E-state index in [1.54, 1.807) is 0 Å². The number of aromatic amines is 1. The second-order valence-electron chi connectivity index (χ2n) is 7.02. The van der Waals surface area contributed by atoms with Gasteiger partial charge >= 0.3 is 0 Å².